The first-order valence-electron chi connectivity index (χ1n) is 6.24. The molecule has 2 rings (SSSR count). The number of aryl methyl sites for hydroxylation is 2. The molecule has 0 amide bonds. The molecule has 0 unspecified atom stereocenters. The number of aromatic nitrogens is 2. The number of hydrogen-bond donors (Lipinski definition) is 1. The molecule has 1 fully saturated rings. The van der Waals surface area contributed by atoms with Gasteiger partial charge in [0.1, 0.15) is 0 Å². The van der Waals surface area contributed by atoms with Gasteiger partial charge in [0.05, 0.1) is 0 Å². The average Bonchev–Trinajstić information content (AvgIpc) is 2.37. The number of rotatable bonds is 1. The summed E-state index contributed by atoms with van der Waals surface area (Å²) in [6.45, 7) is 12.6. The van der Waals surface area contributed by atoms with E-state index < -0.39 is 0 Å². The third-order valence-corrected chi connectivity index (χ3v) is 3.03. The van der Waals surface area contributed by atoms with Crippen LogP contribution in [0.2, 0.25) is 0 Å². The van der Waals surface area contributed by atoms with Crippen molar-refractivity contribution in [2.45, 2.75) is 27.7 Å². The molecule has 4 heteroatoms. The summed E-state index contributed by atoms with van der Waals surface area (Å²) in [6.07, 6.45) is 0. The molecular formula is C13H22N4. The van der Waals surface area contributed by atoms with Crippen LogP contribution in [0.3, 0.4) is 0 Å². The molecule has 0 saturated carbocycles. The van der Waals surface area contributed by atoms with E-state index in [1.165, 1.54) is 0 Å². The molecule has 1 aromatic rings. The first kappa shape index (κ1) is 12.3. The molecule has 94 valence electrons. The standard InChI is InChI=1S/C13H22N4/c1-10-7-11(2)16-12(15-10)17-6-5-14-8-13(3,4)9-17/h7,14H,5-6,8-9H2,1-4H3. The van der Waals surface area contributed by atoms with E-state index >= 15 is 0 Å². The van der Waals surface area contributed by atoms with Gasteiger partial charge in [0, 0.05) is 37.6 Å². The predicted octanol–water partition coefficient (Wildman–Crippen LogP) is 1.53. The van der Waals surface area contributed by atoms with Crippen molar-refractivity contribution >= 4 is 5.95 Å². The van der Waals surface area contributed by atoms with Crippen LogP contribution in [0.1, 0.15) is 25.2 Å². The molecule has 0 atom stereocenters. The minimum absolute atomic E-state index is 0.261. The minimum Gasteiger partial charge on any atom is -0.339 e. The molecule has 1 aliphatic rings. The van der Waals surface area contributed by atoms with Crippen molar-refractivity contribution < 1.29 is 0 Å². The monoisotopic (exact) mass is 234 g/mol. The van der Waals surface area contributed by atoms with Crippen LogP contribution < -0.4 is 10.2 Å². The Bertz CT molecular complexity index is 380. The fourth-order valence-corrected chi connectivity index (χ4v) is 2.31. The second-order valence-corrected chi connectivity index (χ2v) is 5.71. The van der Waals surface area contributed by atoms with E-state index in [1.54, 1.807) is 0 Å². The summed E-state index contributed by atoms with van der Waals surface area (Å²) >= 11 is 0. The highest BCUT2D eigenvalue weighted by atomic mass is 15.3. The molecule has 0 aliphatic carbocycles. The summed E-state index contributed by atoms with van der Waals surface area (Å²) in [6, 6.07) is 2.02. The van der Waals surface area contributed by atoms with Gasteiger partial charge < -0.3 is 10.2 Å². The molecular weight excluding hydrogens is 212 g/mol. The second kappa shape index (κ2) is 4.61. The maximum atomic E-state index is 4.55. The van der Waals surface area contributed by atoms with E-state index in [4.69, 9.17) is 0 Å². The first-order chi connectivity index (χ1) is 7.96. The third kappa shape index (κ3) is 3.16. The van der Waals surface area contributed by atoms with Crippen molar-refractivity contribution in [3.63, 3.8) is 0 Å². The van der Waals surface area contributed by atoms with Gasteiger partial charge in [0.2, 0.25) is 5.95 Å². The smallest absolute Gasteiger partial charge is 0.225 e. The average molecular weight is 234 g/mol. The van der Waals surface area contributed by atoms with Gasteiger partial charge in [-0.2, -0.15) is 0 Å². The number of anilines is 1. The molecule has 1 N–H and O–H groups in total. The summed E-state index contributed by atoms with van der Waals surface area (Å²) in [5, 5.41) is 3.47. The zero-order valence-electron chi connectivity index (χ0n) is 11.2. The van der Waals surface area contributed by atoms with Crippen LogP contribution in [0.4, 0.5) is 5.95 Å². The third-order valence-electron chi connectivity index (χ3n) is 3.03. The molecule has 1 saturated heterocycles. The molecule has 0 bridgehead atoms. The lowest BCUT2D eigenvalue weighted by Gasteiger charge is -2.29. The molecule has 1 aromatic heterocycles. The Hall–Kier alpha value is -1.16. The predicted molar refractivity (Wildman–Crippen MR) is 70.4 cm³/mol. The fourth-order valence-electron chi connectivity index (χ4n) is 2.31. The largest absolute Gasteiger partial charge is 0.339 e. The van der Waals surface area contributed by atoms with Gasteiger partial charge in [-0.15, -0.1) is 0 Å². The van der Waals surface area contributed by atoms with Crippen LogP contribution >= 0.6 is 0 Å². The van der Waals surface area contributed by atoms with Gasteiger partial charge in [0.15, 0.2) is 0 Å². The van der Waals surface area contributed by atoms with Crippen molar-refractivity contribution in [1.29, 1.82) is 0 Å². The van der Waals surface area contributed by atoms with Gasteiger partial charge in [0.25, 0.3) is 0 Å². The normalized spacial score (nSPS) is 20.1. The Labute approximate surface area is 103 Å². The van der Waals surface area contributed by atoms with Crippen molar-refractivity contribution in [2.75, 3.05) is 31.1 Å². The first-order valence-corrected chi connectivity index (χ1v) is 6.24. The molecule has 2 heterocycles. The van der Waals surface area contributed by atoms with Crippen molar-refractivity contribution in [1.82, 2.24) is 15.3 Å². The topological polar surface area (TPSA) is 41.1 Å². The quantitative estimate of drug-likeness (QED) is 0.800. The van der Waals surface area contributed by atoms with Gasteiger partial charge in [-0.25, -0.2) is 9.97 Å². The van der Waals surface area contributed by atoms with E-state index in [9.17, 15) is 0 Å². The molecule has 4 nitrogen and oxygen atoms in total. The minimum atomic E-state index is 0.261. The highest BCUT2D eigenvalue weighted by Crippen LogP contribution is 2.21. The zero-order chi connectivity index (χ0) is 12.5. The summed E-state index contributed by atoms with van der Waals surface area (Å²) in [4.78, 5) is 11.4. The maximum Gasteiger partial charge on any atom is 0.225 e. The number of hydrogen-bond acceptors (Lipinski definition) is 4. The Kier molecular flexibility index (Phi) is 3.33. The maximum absolute atomic E-state index is 4.55. The SMILES string of the molecule is Cc1cc(C)nc(N2CCNCC(C)(C)C2)n1. The van der Waals surface area contributed by atoms with Crippen LogP contribution in [-0.4, -0.2) is 36.1 Å². The van der Waals surface area contributed by atoms with Gasteiger partial charge >= 0.3 is 0 Å². The second-order valence-electron chi connectivity index (χ2n) is 5.71. The number of nitrogens with zero attached hydrogens (tertiary/aromatic N) is 3. The lowest BCUT2D eigenvalue weighted by molar-refractivity contribution is 0.369. The summed E-state index contributed by atoms with van der Waals surface area (Å²) in [5.74, 6) is 0.874. The van der Waals surface area contributed by atoms with Crippen LogP contribution in [0, 0.1) is 19.3 Å². The lowest BCUT2D eigenvalue weighted by Crippen LogP contribution is -2.36. The zero-order valence-corrected chi connectivity index (χ0v) is 11.2. The van der Waals surface area contributed by atoms with Crippen molar-refractivity contribution in [3.05, 3.63) is 17.5 Å². The highest BCUT2D eigenvalue weighted by Gasteiger charge is 2.25. The Balaban J connectivity index is 2.25. The van der Waals surface area contributed by atoms with E-state index in [-0.39, 0.29) is 5.41 Å². The summed E-state index contributed by atoms with van der Waals surface area (Å²) in [5.41, 5.74) is 2.35. The Morgan fingerprint density at radius 1 is 1.24 bits per heavy atom. The Morgan fingerprint density at radius 3 is 2.53 bits per heavy atom. The molecule has 0 spiro atoms. The highest BCUT2D eigenvalue weighted by molar-refractivity contribution is 5.33. The van der Waals surface area contributed by atoms with Crippen LogP contribution in [0.25, 0.3) is 0 Å². The fraction of sp³-hybridized carbons (Fsp3) is 0.692. The van der Waals surface area contributed by atoms with E-state index in [1.807, 2.05) is 19.9 Å². The van der Waals surface area contributed by atoms with E-state index in [0.29, 0.717) is 0 Å². The van der Waals surface area contributed by atoms with E-state index in [2.05, 4.69) is 34.0 Å². The number of nitrogens with one attached hydrogen (secondary N) is 1. The lowest BCUT2D eigenvalue weighted by atomic mass is 9.93. The molecule has 0 aromatic carbocycles. The summed E-state index contributed by atoms with van der Waals surface area (Å²) in [7, 11) is 0. The van der Waals surface area contributed by atoms with Crippen LogP contribution in [0.5, 0.6) is 0 Å². The van der Waals surface area contributed by atoms with Crippen LogP contribution in [0.15, 0.2) is 6.07 Å². The Morgan fingerprint density at radius 2 is 1.88 bits per heavy atom. The van der Waals surface area contributed by atoms with Gasteiger partial charge in [-0.1, -0.05) is 13.8 Å². The molecule has 17 heavy (non-hydrogen) atoms. The van der Waals surface area contributed by atoms with E-state index in [0.717, 1.165) is 43.5 Å². The molecule has 0 radical (unpaired) electrons. The summed E-state index contributed by atoms with van der Waals surface area (Å²) < 4.78 is 0. The van der Waals surface area contributed by atoms with Crippen molar-refractivity contribution in [3.8, 4) is 0 Å². The van der Waals surface area contributed by atoms with Crippen molar-refractivity contribution in [2.24, 2.45) is 5.41 Å². The van der Waals surface area contributed by atoms with Gasteiger partial charge in [-0.3, -0.25) is 0 Å². The van der Waals surface area contributed by atoms with Gasteiger partial charge in [-0.05, 0) is 25.3 Å². The molecule has 1 aliphatic heterocycles. The van der Waals surface area contributed by atoms with Crippen LogP contribution in [-0.2, 0) is 0 Å².